The van der Waals surface area contributed by atoms with Crippen molar-refractivity contribution in [3.8, 4) is 0 Å². The summed E-state index contributed by atoms with van der Waals surface area (Å²) in [5, 5.41) is 11.2. The molecule has 0 aromatic carbocycles. The van der Waals surface area contributed by atoms with Crippen LogP contribution >= 0.6 is 23.1 Å². The lowest BCUT2D eigenvalue weighted by atomic mass is 10.1. The van der Waals surface area contributed by atoms with Gasteiger partial charge in [0.05, 0.1) is 5.52 Å². The first-order chi connectivity index (χ1) is 9.63. The maximum Gasteiger partial charge on any atom is 0.272 e. The highest BCUT2D eigenvalue weighted by molar-refractivity contribution is 7.98. The van der Waals surface area contributed by atoms with E-state index in [-0.39, 0.29) is 5.56 Å². The molecule has 0 aliphatic rings. The van der Waals surface area contributed by atoms with Crippen molar-refractivity contribution in [3.63, 3.8) is 0 Å². The molecule has 3 aromatic rings. The maximum atomic E-state index is 12.6. The highest BCUT2D eigenvalue weighted by Crippen LogP contribution is 2.23. The van der Waals surface area contributed by atoms with E-state index in [0.717, 1.165) is 21.8 Å². The fourth-order valence-electron chi connectivity index (χ4n) is 2.22. The number of aryl methyl sites for hydroxylation is 1. The zero-order chi connectivity index (χ0) is 14.3. The molecule has 0 amide bonds. The summed E-state index contributed by atoms with van der Waals surface area (Å²) in [6, 6.07) is 1.96. The van der Waals surface area contributed by atoms with Gasteiger partial charge in [0.25, 0.3) is 5.56 Å². The van der Waals surface area contributed by atoms with Crippen molar-refractivity contribution in [1.82, 2.24) is 19.2 Å². The first-order valence-corrected chi connectivity index (χ1v) is 8.63. The van der Waals surface area contributed by atoms with Gasteiger partial charge in [0, 0.05) is 6.54 Å². The number of nitrogens with zero attached hydrogens (tertiary/aromatic N) is 4. The second kappa shape index (κ2) is 5.21. The van der Waals surface area contributed by atoms with E-state index >= 15 is 0 Å². The topological polar surface area (TPSA) is 52.2 Å². The fraction of sp³-hybridized carbons (Fsp3) is 0.462. The minimum absolute atomic E-state index is 0.0446. The van der Waals surface area contributed by atoms with Gasteiger partial charge in [0.1, 0.15) is 4.70 Å². The molecule has 106 valence electrons. The molecular formula is C13H16N4OS2. The van der Waals surface area contributed by atoms with Crippen molar-refractivity contribution in [2.75, 3.05) is 6.26 Å². The summed E-state index contributed by atoms with van der Waals surface area (Å²) in [5.74, 6) is 1.19. The molecule has 0 saturated heterocycles. The van der Waals surface area contributed by atoms with Crippen LogP contribution in [-0.2, 0) is 6.54 Å². The summed E-state index contributed by atoms with van der Waals surface area (Å²) in [6.45, 7) is 4.99. The van der Waals surface area contributed by atoms with Crippen LogP contribution < -0.4 is 5.56 Å². The Bertz CT molecular complexity index is 815. The second-order valence-corrected chi connectivity index (χ2v) is 6.79. The minimum atomic E-state index is 0.0446. The van der Waals surface area contributed by atoms with Crippen LogP contribution in [0.25, 0.3) is 16.0 Å². The first-order valence-electron chi connectivity index (χ1n) is 6.52. The quantitative estimate of drug-likeness (QED) is 0.695. The standard InChI is InChI=1S/C13H16N4OS2/c1-8(2)4-6-16-11(18)10-9(5-7-20-10)17-12(16)14-15-13(17)19-3/h5,7-8H,4,6H2,1-3H3. The lowest BCUT2D eigenvalue weighted by Crippen LogP contribution is -2.23. The highest BCUT2D eigenvalue weighted by atomic mass is 32.2. The second-order valence-electron chi connectivity index (χ2n) is 5.10. The van der Waals surface area contributed by atoms with Crippen molar-refractivity contribution in [3.05, 3.63) is 21.8 Å². The number of fused-ring (bicyclic) bond motifs is 3. The molecule has 0 atom stereocenters. The summed E-state index contributed by atoms with van der Waals surface area (Å²) in [5.41, 5.74) is 0.952. The molecule has 0 aliphatic heterocycles. The van der Waals surface area contributed by atoms with Crippen molar-refractivity contribution in [2.45, 2.75) is 32.0 Å². The van der Waals surface area contributed by atoms with Gasteiger partial charge in [-0.1, -0.05) is 25.6 Å². The van der Waals surface area contributed by atoms with E-state index in [0.29, 0.717) is 18.2 Å². The lowest BCUT2D eigenvalue weighted by molar-refractivity contribution is 0.512. The molecule has 0 radical (unpaired) electrons. The van der Waals surface area contributed by atoms with Crippen molar-refractivity contribution < 1.29 is 0 Å². The smallest absolute Gasteiger partial charge is 0.272 e. The highest BCUT2D eigenvalue weighted by Gasteiger charge is 2.16. The Hall–Kier alpha value is -1.34. The van der Waals surface area contributed by atoms with E-state index < -0.39 is 0 Å². The van der Waals surface area contributed by atoms with E-state index in [4.69, 9.17) is 0 Å². The number of thiophene rings is 1. The average Bonchev–Trinajstić information content (AvgIpc) is 3.03. The molecule has 0 saturated carbocycles. The van der Waals surface area contributed by atoms with E-state index in [1.54, 1.807) is 16.3 Å². The van der Waals surface area contributed by atoms with Gasteiger partial charge in [0.15, 0.2) is 5.16 Å². The zero-order valence-electron chi connectivity index (χ0n) is 11.7. The Morgan fingerprint density at radius 3 is 2.90 bits per heavy atom. The van der Waals surface area contributed by atoms with Gasteiger partial charge in [0.2, 0.25) is 5.78 Å². The van der Waals surface area contributed by atoms with Crippen molar-refractivity contribution >= 4 is 39.1 Å². The van der Waals surface area contributed by atoms with E-state index in [9.17, 15) is 4.79 Å². The molecule has 7 heteroatoms. The fourth-order valence-corrected chi connectivity index (χ4v) is 3.53. The van der Waals surface area contributed by atoms with E-state index in [1.807, 2.05) is 22.1 Å². The summed E-state index contributed by atoms with van der Waals surface area (Å²) >= 11 is 3.02. The number of thioether (sulfide) groups is 1. The molecule has 3 heterocycles. The monoisotopic (exact) mass is 308 g/mol. The number of rotatable bonds is 4. The third-order valence-electron chi connectivity index (χ3n) is 3.30. The van der Waals surface area contributed by atoms with Crippen LogP contribution in [0.3, 0.4) is 0 Å². The van der Waals surface area contributed by atoms with E-state index in [2.05, 4.69) is 24.0 Å². The Kier molecular flexibility index (Phi) is 3.55. The molecule has 0 spiro atoms. The van der Waals surface area contributed by atoms with Crippen LogP contribution in [0.4, 0.5) is 0 Å². The number of hydrogen-bond donors (Lipinski definition) is 0. The average molecular weight is 308 g/mol. The summed E-state index contributed by atoms with van der Waals surface area (Å²) in [7, 11) is 0. The van der Waals surface area contributed by atoms with Gasteiger partial charge in [-0.3, -0.25) is 13.8 Å². The van der Waals surface area contributed by atoms with Crippen LogP contribution in [0.15, 0.2) is 21.4 Å². The Morgan fingerprint density at radius 2 is 2.20 bits per heavy atom. The molecule has 20 heavy (non-hydrogen) atoms. The van der Waals surface area contributed by atoms with Crippen molar-refractivity contribution in [1.29, 1.82) is 0 Å². The first kappa shape index (κ1) is 13.6. The van der Waals surface area contributed by atoms with Gasteiger partial charge in [-0.05, 0) is 30.0 Å². The molecule has 0 unspecified atom stereocenters. The summed E-state index contributed by atoms with van der Waals surface area (Å²) in [6.07, 6.45) is 2.92. The molecule has 5 nitrogen and oxygen atoms in total. The number of hydrogen-bond acceptors (Lipinski definition) is 5. The minimum Gasteiger partial charge on any atom is -0.276 e. The molecule has 3 rings (SSSR count). The third-order valence-corrected chi connectivity index (χ3v) is 4.82. The van der Waals surface area contributed by atoms with Crippen LogP contribution in [0.1, 0.15) is 20.3 Å². The molecule has 3 aromatic heterocycles. The van der Waals surface area contributed by atoms with Crippen LogP contribution in [0.2, 0.25) is 0 Å². The van der Waals surface area contributed by atoms with Crippen LogP contribution in [0.5, 0.6) is 0 Å². The largest absolute Gasteiger partial charge is 0.276 e. The maximum absolute atomic E-state index is 12.6. The summed E-state index contributed by atoms with van der Waals surface area (Å²) < 4.78 is 4.51. The predicted octanol–water partition coefficient (Wildman–Crippen LogP) is 2.87. The van der Waals surface area contributed by atoms with Gasteiger partial charge in [-0.2, -0.15) is 0 Å². The van der Waals surface area contributed by atoms with Crippen LogP contribution in [0, 0.1) is 5.92 Å². The molecule has 0 fully saturated rings. The van der Waals surface area contributed by atoms with Crippen molar-refractivity contribution in [2.24, 2.45) is 5.92 Å². The molecular weight excluding hydrogens is 292 g/mol. The Labute approximate surface area is 124 Å². The van der Waals surface area contributed by atoms with Gasteiger partial charge >= 0.3 is 0 Å². The van der Waals surface area contributed by atoms with E-state index in [1.165, 1.54) is 11.3 Å². The lowest BCUT2D eigenvalue weighted by Gasteiger charge is -2.10. The Morgan fingerprint density at radius 1 is 1.40 bits per heavy atom. The Balaban J connectivity index is 2.33. The predicted molar refractivity (Wildman–Crippen MR) is 83.9 cm³/mol. The molecule has 0 N–H and O–H groups in total. The summed E-state index contributed by atoms with van der Waals surface area (Å²) in [4.78, 5) is 12.6. The van der Waals surface area contributed by atoms with Gasteiger partial charge < -0.3 is 0 Å². The van der Waals surface area contributed by atoms with Crippen LogP contribution in [-0.4, -0.2) is 25.4 Å². The zero-order valence-corrected chi connectivity index (χ0v) is 13.3. The number of aromatic nitrogens is 4. The normalized spacial score (nSPS) is 12.0. The van der Waals surface area contributed by atoms with Gasteiger partial charge in [-0.25, -0.2) is 0 Å². The molecule has 0 bridgehead atoms. The molecule has 0 aliphatic carbocycles. The third kappa shape index (κ3) is 2.05. The SMILES string of the molecule is CSc1nnc2n(CCC(C)C)c(=O)c3sccc3n12. The van der Waals surface area contributed by atoms with Gasteiger partial charge in [-0.15, -0.1) is 21.5 Å².